The van der Waals surface area contributed by atoms with E-state index >= 15 is 0 Å². The molecule has 1 aromatic carbocycles. The van der Waals surface area contributed by atoms with Crippen LogP contribution in [0.5, 0.6) is 0 Å². The van der Waals surface area contributed by atoms with Crippen molar-refractivity contribution < 1.29 is 9.32 Å². The summed E-state index contributed by atoms with van der Waals surface area (Å²) in [6, 6.07) is 10.2. The lowest BCUT2D eigenvalue weighted by Crippen LogP contribution is -2.12. The topological polar surface area (TPSA) is 80.9 Å². The summed E-state index contributed by atoms with van der Waals surface area (Å²) in [4.78, 5) is 12.1. The van der Waals surface area contributed by atoms with Crippen molar-refractivity contribution in [1.29, 1.82) is 0 Å². The zero-order chi connectivity index (χ0) is 17.6. The SMILES string of the molecule is Cc1noc(C)c1CCC(=O)Nc1nnc(SCc2ccccc2)s1. The average Bonchev–Trinajstić information content (AvgIpc) is 3.19. The van der Waals surface area contributed by atoms with E-state index in [4.69, 9.17) is 4.52 Å². The summed E-state index contributed by atoms with van der Waals surface area (Å²) in [5.74, 6) is 1.51. The molecule has 1 N–H and O–H groups in total. The van der Waals surface area contributed by atoms with Crippen LogP contribution in [0.2, 0.25) is 0 Å². The molecule has 0 spiro atoms. The van der Waals surface area contributed by atoms with Crippen molar-refractivity contribution in [2.75, 3.05) is 5.32 Å². The van der Waals surface area contributed by atoms with E-state index in [1.54, 1.807) is 11.8 Å². The number of aryl methyl sites for hydroxylation is 2. The Labute approximate surface area is 154 Å². The van der Waals surface area contributed by atoms with Crippen LogP contribution in [0.1, 0.15) is 29.0 Å². The molecule has 130 valence electrons. The van der Waals surface area contributed by atoms with Crippen LogP contribution in [0, 0.1) is 13.8 Å². The van der Waals surface area contributed by atoms with Gasteiger partial charge in [-0.25, -0.2) is 0 Å². The van der Waals surface area contributed by atoms with Gasteiger partial charge in [-0.2, -0.15) is 0 Å². The van der Waals surface area contributed by atoms with Crippen molar-refractivity contribution >= 4 is 34.1 Å². The van der Waals surface area contributed by atoms with Crippen molar-refractivity contribution in [3.05, 3.63) is 52.9 Å². The molecule has 0 aliphatic carbocycles. The Bertz CT molecular complexity index is 826. The van der Waals surface area contributed by atoms with Crippen LogP contribution in [0.3, 0.4) is 0 Å². The molecular weight excluding hydrogens is 356 g/mol. The maximum atomic E-state index is 12.1. The molecule has 2 heterocycles. The molecule has 3 aromatic rings. The fourth-order valence-corrected chi connectivity index (χ4v) is 4.04. The van der Waals surface area contributed by atoms with Crippen molar-refractivity contribution in [1.82, 2.24) is 15.4 Å². The van der Waals surface area contributed by atoms with Crippen LogP contribution in [0.15, 0.2) is 39.2 Å². The van der Waals surface area contributed by atoms with E-state index < -0.39 is 0 Å². The summed E-state index contributed by atoms with van der Waals surface area (Å²) in [5.41, 5.74) is 3.06. The minimum Gasteiger partial charge on any atom is -0.361 e. The number of nitrogens with zero attached hydrogens (tertiary/aromatic N) is 3. The Balaban J connectivity index is 1.48. The van der Waals surface area contributed by atoms with Crippen LogP contribution in [0.25, 0.3) is 0 Å². The maximum absolute atomic E-state index is 12.1. The van der Waals surface area contributed by atoms with Crippen molar-refractivity contribution in [3.8, 4) is 0 Å². The van der Waals surface area contributed by atoms with E-state index in [9.17, 15) is 4.79 Å². The number of hydrogen-bond acceptors (Lipinski definition) is 7. The highest BCUT2D eigenvalue weighted by molar-refractivity contribution is 8.00. The lowest BCUT2D eigenvalue weighted by molar-refractivity contribution is -0.116. The number of aromatic nitrogens is 3. The van der Waals surface area contributed by atoms with Gasteiger partial charge in [0.25, 0.3) is 0 Å². The summed E-state index contributed by atoms with van der Waals surface area (Å²) in [5, 5.41) is 15.4. The van der Waals surface area contributed by atoms with Gasteiger partial charge in [0, 0.05) is 17.7 Å². The van der Waals surface area contributed by atoms with Gasteiger partial charge in [-0.15, -0.1) is 10.2 Å². The van der Waals surface area contributed by atoms with Crippen LogP contribution in [-0.2, 0) is 17.0 Å². The minimum atomic E-state index is -0.0873. The van der Waals surface area contributed by atoms with Gasteiger partial charge >= 0.3 is 0 Å². The maximum Gasteiger partial charge on any atom is 0.226 e. The van der Waals surface area contributed by atoms with Crippen LogP contribution in [0.4, 0.5) is 5.13 Å². The Morgan fingerprint density at radius 2 is 2.04 bits per heavy atom. The molecule has 6 nitrogen and oxygen atoms in total. The first-order valence-corrected chi connectivity index (χ1v) is 9.64. The summed E-state index contributed by atoms with van der Waals surface area (Å²) >= 11 is 3.00. The molecule has 0 atom stereocenters. The molecule has 1 amide bonds. The molecule has 3 rings (SSSR count). The highest BCUT2D eigenvalue weighted by Crippen LogP contribution is 2.28. The van der Waals surface area contributed by atoms with Gasteiger partial charge in [0.05, 0.1) is 5.69 Å². The Morgan fingerprint density at radius 1 is 1.24 bits per heavy atom. The molecule has 8 heteroatoms. The third-order valence-corrected chi connectivity index (χ3v) is 5.68. The zero-order valence-corrected chi connectivity index (χ0v) is 15.6. The number of nitrogens with one attached hydrogen (secondary N) is 1. The van der Waals surface area contributed by atoms with E-state index in [1.165, 1.54) is 16.9 Å². The first kappa shape index (κ1) is 17.6. The Kier molecular flexibility index (Phi) is 5.83. The molecule has 2 aromatic heterocycles. The lowest BCUT2D eigenvalue weighted by atomic mass is 10.1. The van der Waals surface area contributed by atoms with Gasteiger partial charge in [0.15, 0.2) is 4.34 Å². The highest BCUT2D eigenvalue weighted by Gasteiger charge is 2.13. The van der Waals surface area contributed by atoms with Crippen molar-refractivity contribution in [2.45, 2.75) is 36.8 Å². The monoisotopic (exact) mass is 374 g/mol. The summed E-state index contributed by atoms with van der Waals surface area (Å²) in [6.45, 7) is 3.74. The van der Waals surface area contributed by atoms with Crippen molar-refractivity contribution in [3.63, 3.8) is 0 Å². The second kappa shape index (κ2) is 8.26. The van der Waals surface area contributed by atoms with E-state index in [1.807, 2.05) is 32.0 Å². The number of anilines is 1. The van der Waals surface area contributed by atoms with Gasteiger partial charge in [0.1, 0.15) is 5.76 Å². The van der Waals surface area contributed by atoms with Crippen LogP contribution < -0.4 is 5.32 Å². The van der Waals surface area contributed by atoms with Gasteiger partial charge in [0.2, 0.25) is 11.0 Å². The lowest BCUT2D eigenvalue weighted by Gasteiger charge is -2.01. The van der Waals surface area contributed by atoms with Gasteiger partial charge < -0.3 is 9.84 Å². The minimum absolute atomic E-state index is 0.0873. The number of thioether (sulfide) groups is 1. The highest BCUT2D eigenvalue weighted by atomic mass is 32.2. The quantitative estimate of drug-likeness (QED) is 0.497. The second-order valence-electron chi connectivity index (χ2n) is 5.50. The predicted molar refractivity (Wildman–Crippen MR) is 98.8 cm³/mol. The molecule has 0 aliphatic heterocycles. The van der Waals surface area contributed by atoms with Gasteiger partial charge in [-0.05, 0) is 25.8 Å². The average molecular weight is 374 g/mol. The number of carbonyl (C=O) groups excluding carboxylic acids is 1. The number of rotatable bonds is 7. The Morgan fingerprint density at radius 3 is 2.76 bits per heavy atom. The smallest absolute Gasteiger partial charge is 0.226 e. The molecule has 0 bridgehead atoms. The molecule has 0 saturated heterocycles. The van der Waals surface area contributed by atoms with Gasteiger partial charge in [-0.1, -0.05) is 58.6 Å². The Hall–Kier alpha value is -2.19. The van der Waals surface area contributed by atoms with E-state index in [-0.39, 0.29) is 5.91 Å². The van der Waals surface area contributed by atoms with E-state index in [2.05, 4.69) is 32.8 Å². The number of amides is 1. The van der Waals surface area contributed by atoms with Gasteiger partial charge in [-0.3, -0.25) is 4.79 Å². The van der Waals surface area contributed by atoms with E-state index in [0.717, 1.165) is 27.1 Å². The molecule has 0 unspecified atom stereocenters. The molecule has 25 heavy (non-hydrogen) atoms. The fraction of sp³-hybridized carbons (Fsp3) is 0.294. The van der Waals surface area contributed by atoms with Crippen LogP contribution >= 0.6 is 23.1 Å². The third kappa shape index (κ3) is 4.90. The molecular formula is C17H18N4O2S2. The zero-order valence-electron chi connectivity index (χ0n) is 14.0. The number of hydrogen-bond donors (Lipinski definition) is 1. The summed E-state index contributed by atoms with van der Waals surface area (Å²) in [6.07, 6.45) is 0.955. The predicted octanol–water partition coefficient (Wildman–Crippen LogP) is 4.01. The molecule has 0 radical (unpaired) electrons. The molecule has 0 saturated carbocycles. The number of benzene rings is 1. The van der Waals surface area contributed by atoms with Crippen LogP contribution in [-0.4, -0.2) is 21.3 Å². The molecule has 0 aliphatic rings. The normalized spacial score (nSPS) is 10.8. The van der Waals surface area contributed by atoms with E-state index in [0.29, 0.717) is 18.0 Å². The first-order valence-electron chi connectivity index (χ1n) is 7.83. The largest absolute Gasteiger partial charge is 0.361 e. The molecule has 0 fully saturated rings. The standard InChI is InChI=1S/C17H18N4O2S2/c1-11-14(12(2)23-21-11)8-9-15(22)18-16-19-20-17(25-16)24-10-13-6-4-3-5-7-13/h3-7H,8-10H2,1-2H3,(H,18,19,22). The number of carbonyl (C=O) groups is 1. The fourth-order valence-electron chi connectivity index (χ4n) is 2.32. The van der Waals surface area contributed by atoms with Crippen molar-refractivity contribution in [2.24, 2.45) is 0 Å². The first-order chi connectivity index (χ1) is 12.1. The third-order valence-electron chi connectivity index (χ3n) is 3.64. The second-order valence-corrected chi connectivity index (χ2v) is 7.70. The summed E-state index contributed by atoms with van der Waals surface area (Å²) < 4.78 is 5.95. The summed E-state index contributed by atoms with van der Waals surface area (Å²) in [7, 11) is 0.